The summed E-state index contributed by atoms with van der Waals surface area (Å²) in [5.74, 6) is 0. The van der Waals surface area contributed by atoms with Crippen LogP contribution in [0.15, 0.2) is 29.2 Å². The fraction of sp³-hybridized carbons (Fsp3) is 0.500. The van der Waals surface area contributed by atoms with Gasteiger partial charge in [0.25, 0.3) is 0 Å². The van der Waals surface area contributed by atoms with Gasteiger partial charge in [-0.25, -0.2) is 0 Å². The molecular formula is C12H19NOS. The lowest BCUT2D eigenvalue weighted by Crippen LogP contribution is -2.19. The van der Waals surface area contributed by atoms with E-state index in [2.05, 4.69) is 35.8 Å². The van der Waals surface area contributed by atoms with Crippen LogP contribution in [0.5, 0.6) is 0 Å². The van der Waals surface area contributed by atoms with E-state index in [1.807, 2.05) is 6.92 Å². The molecule has 0 saturated heterocycles. The van der Waals surface area contributed by atoms with Gasteiger partial charge in [0.15, 0.2) is 0 Å². The van der Waals surface area contributed by atoms with Gasteiger partial charge in [-0.05, 0) is 24.8 Å². The molecule has 0 fully saturated rings. The maximum Gasteiger partial charge on any atom is 0.0590 e. The molecule has 1 N–H and O–H groups in total. The molecule has 0 unspecified atom stereocenters. The average Bonchev–Trinajstić information content (AvgIpc) is 2.29. The first kappa shape index (κ1) is 12.6. The van der Waals surface area contributed by atoms with Gasteiger partial charge >= 0.3 is 0 Å². The molecule has 2 nitrogen and oxygen atoms in total. The molecule has 0 saturated carbocycles. The van der Waals surface area contributed by atoms with Crippen molar-refractivity contribution < 1.29 is 4.74 Å². The fourth-order valence-corrected chi connectivity index (χ4v) is 1.98. The lowest BCUT2D eigenvalue weighted by Gasteiger charge is -2.08. The monoisotopic (exact) mass is 225 g/mol. The van der Waals surface area contributed by atoms with Crippen molar-refractivity contribution in [3.8, 4) is 0 Å². The summed E-state index contributed by atoms with van der Waals surface area (Å²) >= 11 is 1.79. The number of hydrogen-bond donors (Lipinski definition) is 1. The SMILES string of the molecule is CCOCCNCc1ccccc1SC. The summed E-state index contributed by atoms with van der Waals surface area (Å²) < 4.78 is 5.26. The van der Waals surface area contributed by atoms with E-state index in [1.165, 1.54) is 10.5 Å². The lowest BCUT2D eigenvalue weighted by atomic mass is 10.2. The van der Waals surface area contributed by atoms with Gasteiger partial charge in [0.2, 0.25) is 0 Å². The van der Waals surface area contributed by atoms with Crippen molar-refractivity contribution >= 4 is 11.8 Å². The first-order valence-corrected chi connectivity index (χ1v) is 6.51. The van der Waals surface area contributed by atoms with E-state index in [1.54, 1.807) is 11.8 Å². The molecule has 0 bridgehead atoms. The van der Waals surface area contributed by atoms with Crippen molar-refractivity contribution in [1.82, 2.24) is 5.32 Å². The molecular weight excluding hydrogens is 206 g/mol. The quantitative estimate of drug-likeness (QED) is 0.569. The predicted molar refractivity (Wildman–Crippen MR) is 66.4 cm³/mol. The molecule has 84 valence electrons. The zero-order valence-corrected chi connectivity index (χ0v) is 10.3. The molecule has 1 aromatic rings. The van der Waals surface area contributed by atoms with Crippen LogP contribution in [0.1, 0.15) is 12.5 Å². The van der Waals surface area contributed by atoms with Gasteiger partial charge in [0.1, 0.15) is 0 Å². The first-order chi connectivity index (χ1) is 7.38. The smallest absolute Gasteiger partial charge is 0.0590 e. The minimum atomic E-state index is 0.790. The van der Waals surface area contributed by atoms with E-state index in [9.17, 15) is 0 Å². The van der Waals surface area contributed by atoms with E-state index in [4.69, 9.17) is 4.74 Å². The minimum Gasteiger partial charge on any atom is -0.380 e. The van der Waals surface area contributed by atoms with Crippen molar-refractivity contribution in [3.63, 3.8) is 0 Å². The van der Waals surface area contributed by atoms with Crippen LogP contribution in [0.2, 0.25) is 0 Å². The molecule has 1 aromatic carbocycles. The summed E-state index contributed by atoms with van der Waals surface area (Å²) in [6.07, 6.45) is 2.11. The Hall–Kier alpha value is -0.510. The van der Waals surface area contributed by atoms with Crippen molar-refractivity contribution in [2.75, 3.05) is 26.0 Å². The highest BCUT2D eigenvalue weighted by Crippen LogP contribution is 2.19. The molecule has 1 rings (SSSR count). The number of rotatable bonds is 7. The summed E-state index contributed by atoms with van der Waals surface area (Å²) in [5.41, 5.74) is 1.36. The molecule has 0 aliphatic rings. The Balaban J connectivity index is 2.30. The van der Waals surface area contributed by atoms with Crippen LogP contribution in [-0.2, 0) is 11.3 Å². The Morgan fingerprint density at radius 1 is 1.33 bits per heavy atom. The highest BCUT2D eigenvalue weighted by Gasteiger charge is 1.98. The summed E-state index contributed by atoms with van der Waals surface area (Å²) in [7, 11) is 0. The average molecular weight is 225 g/mol. The maximum atomic E-state index is 5.26. The summed E-state index contributed by atoms with van der Waals surface area (Å²) in [4.78, 5) is 1.35. The third kappa shape index (κ3) is 4.69. The highest BCUT2D eigenvalue weighted by atomic mass is 32.2. The Kier molecular flexibility index (Phi) is 6.48. The van der Waals surface area contributed by atoms with Crippen molar-refractivity contribution in [1.29, 1.82) is 0 Å². The Labute approximate surface area is 96.4 Å². The van der Waals surface area contributed by atoms with Gasteiger partial charge < -0.3 is 10.1 Å². The second kappa shape index (κ2) is 7.74. The Bertz CT molecular complexity index is 278. The van der Waals surface area contributed by atoms with Crippen LogP contribution >= 0.6 is 11.8 Å². The van der Waals surface area contributed by atoms with Gasteiger partial charge in [0.05, 0.1) is 6.61 Å². The molecule has 3 heteroatoms. The largest absolute Gasteiger partial charge is 0.380 e. The summed E-state index contributed by atoms with van der Waals surface area (Å²) in [6.45, 7) is 5.44. The van der Waals surface area contributed by atoms with Gasteiger partial charge in [-0.2, -0.15) is 0 Å². The number of ether oxygens (including phenoxy) is 1. The van der Waals surface area contributed by atoms with Crippen LogP contribution in [0.4, 0.5) is 0 Å². The van der Waals surface area contributed by atoms with Crippen LogP contribution in [0, 0.1) is 0 Å². The Morgan fingerprint density at radius 3 is 2.87 bits per heavy atom. The van der Waals surface area contributed by atoms with Crippen LogP contribution in [0.3, 0.4) is 0 Å². The molecule has 0 radical (unpaired) electrons. The van der Waals surface area contributed by atoms with Crippen LogP contribution in [0.25, 0.3) is 0 Å². The lowest BCUT2D eigenvalue weighted by molar-refractivity contribution is 0.149. The van der Waals surface area contributed by atoms with Crippen LogP contribution < -0.4 is 5.32 Å². The predicted octanol–water partition coefficient (Wildman–Crippen LogP) is 2.53. The zero-order chi connectivity index (χ0) is 10.9. The molecule has 0 spiro atoms. The molecule has 0 atom stereocenters. The maximum absolute atomic E-state index is 5.26. The van der Waals surface area contributed by atoms with Crippen LogP contribution in [-0.4, -0.2) is 26.0 Å². The molecule has 0 aliphatic heterocycles. The van der Waals surface area contributed by atoms with E-state index < -0.39 is 0 Å². The molecule has 15 heavy (non-hydrogen) atoms. The minimum absolute atomic E-state index is 0.790. The zero-order valence-electron chi connectivity index (χ0n) is 9.45. The number of benzene rings is 1. The number of thioether (sulfide) groups is 1. The van der Waals surface area contributed by atoms with Gasteiger partial charge in [-0.3, -0.25) is 0 Å². The van der Waals surface area contributed by atoms with Crippen molar-refractivity contribution in [2.45, 2.75) is 18.4 Å². The topological polar surface area (TPSA) is 21.3 Å². The second-order valence-electron chi connectivity index (χ2n) is 3.19. The summed E-state index contributed by atoms with van der Waals surface area (Å²) in [5, 5.41) is 3.37. The van der Waals surface area contributed by atoms with Crippen molar-refractivity contribution in [2.24, 2.45) is 0 Å². The third-order valence-corrected chi connectivity index (χ3v) is 2.97. The van der Waals surface area contributed by atoms with E-state index >= 15 is 0 Å². The van der Waals surface area contributed by atoms with E-state index in [-0.39, 0.29) is 0 Å². The number of nitrogens with one attached hydrogen (secondary N) is 1. The van der Waals surface area contributed by atoms with E-state index in [0.29, 0.717) is 0 Å². The second-order valence-corrected chi connectivity index (χ2v) is 4.03. The van der Waals surface area contributed by atoms with E-state index in [0.717, 1.165) is 26.3 Å². The highest BCUT2D eigenvalue weighted by molar-refractivity contribution is 7.98. The van der Waals surface area contributed by atoms with Gasteiger partial charge in [0, 0.05) is 24.6 Å². The molecule has 0 heterocycles. The summed E-state index contributed by atoms with van der Waals surface area (Å²) in [6, 6.07) is 8.48. The third-order valence-electron chi connectivity index (χ3n) is 2.14. The standard InChI is InChI=1S/C12H19NOS/c1-3-14-9-8-13-10-11-6-4-5-7-12(11)15-2/h4-7,13H,3,8-10H2,1-2H3. The normalized spacial score (nSPS) is 10.5. The molecule has 0 aromatic heterocycles. The molecule has 0 amide bonds. The first-order valence-electron chi connectivity index (χ1n) is 5.28. The molecule has 0 aliphatic carbocycles. The van der Waals surface area contributed by atoms with Gasteiger partial charge in [-0.15, -0.1) is 11.8 Å². The van der Waals surface area contributed by atoms with Crippen molar-refractivity contribution in [3.05, 3.63) is 29.8 Å². The fourth-order valence-electron chi connectivity index (χ4n) is 1.36. The Morgan fingerprint density at radius 2 is 2.13 bits per heavy atom. The number of hydrogen-bond acceptors (Lipinski definition) is 3. The van der Waals surface area contributed by atoms with Gasteiger partial charge in [-0.1, -0.05) is 18.2 Å².